The van der Waals surface area contributed by atoms with Gasteiger partial charge in [0.2, 0.25) is 5.91 Å². The minimum Gasteiger partial charge on any atom is -0.493 e. The molecule has 0 fully saturated rings. The molecule has 0 saturated heterocycles. The highest BCUT2D eigenvalue weighted by atomic mass is 16.5. The Morgan fingerprint density at radius 2 is 2.60 bits per heavy atom. The molecule has 3 nitrogen and oxygen atoms in total. The summed E-state index contributed by atoms with van der Waals surface area (Å²) < 4.78 is 5.06. The lowest BCUT2D eigenvalue weighted by molar-refractivity contribution is -0.117. The number of ether oxygens (including phenoxy) is 1. The molecule has 1 rings (SSSR count). The molecular formula is C7H9NO2. The Bertz CT molecular complexity index is 194. The molecule has 10 heavy (non-hydrogen) atoms. The summed E-state index contributed by atoms with van der Waals surface area (Å²) in [4.78, 5) is 10.3. The quantitative estimate of drug-likeness (QED) is 0.599. The lowest BCUT2D eigenvalue weighted by atomic mass is 10.3. The first-order chi connectivity index (χ1) is 4.79. The number of rotatable bonds is 2. The number of hydrogen-bond acceptors (Lipinski definition) is 2. The van der Waals surface area contributed by atoms with E-state index in [1.807, 2.05) is 12.2 Å². The van der Waals surface area contributed by atoms with E-state index < -0.39 is 0 Å². The number of allylic oxidation sites excluding steroid dienone is 2. The van der Waals surface area contributed by atoms with Crippen LogP contribution in [-0.4, -0.2) is 12.5 Å². The molecule has 1 aliphatic rings. The van der Waals surface area contributed by atoms with Crippen molar-refractivity contribution in [3.05, 3.63) is 24.0 Å². The van der Waals surface area contributed by atoms with E-state index in [2.05, 4.69) is 0 Å². The van der Waals surface area contributed by atoms with E-state index in [9.17, 15) is 4.79 Å². The molecule has 0 spiro atoms. The van der Waals surface area contributed by atoms with Crippen molar-refractivity contribution in [3.63, 3.8) is 0 Å². The lowest BCUT2D eigenvalue weighted by Gasteiger charge is -2.08. The molecule has 0 atom stereocenters. The molecule has 0 aromatic rings. The Labute approximate surface area is 59.2 Å². The minimum absolute atomic E-state index is 0.199. The summed E-state index contributed by atoms with van der Waals surface area (Å²) in [7, 11) is 0. The summed E-state index contributed by atoms with van der Waals surface area (Å²) in [5.74, 6) is 0.288. The third-order valence-electron chi connectivity index (χ3n) is 1.13. The second-order valence-electron chi connectivity index (χ2n) is 2.02. The van der Waals surface area contributed by atoms with E-state index >= 15 is 0 Å². The number of amides is 1. The van der Waals surface area contributed by atoms with Crippen LogP contribution in [0.5, 0.6) is 0 Å². The van der Waals surface area contributed by atoms with Crippen LogP contribution in [0.2, 0.25) is 0 Å². The Kier molecular flexibility index (Phi) is 2.10. The SMILES string of the molecule is NC(=O)CC1=CC=CCO1. The van der Waals surface area contributed by atoms with Gasteiger partial charge in [-0.1, -0.05) is 6.08 Å². The maximum Gasteiger partial charge on any atom is 0.225 e. The molecule has 2 N–H and O–H groups in total. The molecule has 3 heteroatoms. The van der Waals surface area contributed by atoms with Crippen LogP contribution in [0.15, 0.2) is 24.0 Å². The van der Waals surface area contributed by atoms with Gasteiger partial charge < -0.3 is 10.5 Å². The van der Waals surface area contributed by atoms with Crippen LogP contribution in [0.4, 0.5) is 0 Å². The van der Waals surface area contributed by atoms with Gasteiger partial charge in [-0.15, -0.1) is 0 Å². The average molecular weight is 139 g/mol. The predicted molar refractivity (Wildman–Crippen MR) is 37.0 cm³/mol. The lowest BCUT2D eigenvalue weighted by Crippen LogP contribution is -2.13. The van der Waals surface area contributed by atoms with Crippen LogP contribution >= 0.6 is 0 Å². The zero-order chi connectivity index (χ0) is 7.40. The fourth-order valence-corrected chi connectivity index (χ4v) is 0.716. The molecule has 0 aliphatic carbocycles. The van der Waals surface area contributed by atoms with Gasteiger partial charge in [0.25, 0.3) is 0 Å². The van der Waals surface area contributed by atoms with Gasteiger partial charge in [0, 0.05) is 0 Å². The third kappa shape index (κ3) is 1.93. The molecule has 1 heterocycles. The Morgan fingerprint density at radius 3 is 3.10 bits per heavy atom. The molecule has 0 aromatic carbocycles. The zero-order valence-electron chi connectivity index (χ0n) is 5.54. The molecule has 0 aromatic heterocycles. The van der Waals surface area contributed by atoms with Gasteiger partial charge in [0.1, 0.15) is 12.4 Å². The maximum absolute atomic E-state index is 10.3. The molecule has 0 bridgehead atoms. The van der Waals surface area contributed by atoms with Crippen molar-refractivity contribution >= 4 is 5.91 Å². The van der Waals surface area contributed by atoms with Crippen molar-refractivity contribution in [2.24, 2.45) is 5.73 Å². The topological polar surface area (TPSA) is 52.3 Å². The van der Waals surface area contributed by atoms with E-state index in [1.54, 1.807) is 6.08 Å². The summed E-state index contributed by atoms with van der Waals surface area (Å²) in [5, 5.41) is 0. The van der Waals surface area contributed by atoms with Crippen LogP contribution in [-0.2, 0) is 9.53 Å². The number of primary amides is 1. The molecule has 0 saturated carbocycles. The number of carbonyl (C=O) groups excluding carboxylic acids is 1. The van der Waals surface area contributed by atoms with Gasteiger partial charge in [0.15, 0.2) is 0 Å². The Hall–Kier alpha value is -1.25. The number of nitrogens with two attached hydrogens (primary N) is 1. The summed E-state index contributed by atoms with van der Waals surface area (Å²) in [6.07, 6.45) is 5.66. The van der Waals surface area contributed by atoms with Crippen LogP contribution < -0.4 is 5.73 Å². The van der Waals surface area contributed by atoms with Crippen molar-refractivity contribution in [1.29, 1.82) is 0 Å². The zero-order valence-corrected chi connectivity index (χ0v) is 5.54. The molecule has 54 valence electrons. The van der Waals surface area contributed by atoms with Gasteiger partial charge in [-0.05, 0) is 12.2 Å². The van der Waals surface area contributed by atoms with Gasteiger partial charge in [0.05, 0.1) is 6.42 Å². The van der Waals surface area contributed by atoms with Gasteiger partial charge in [-0.2, -0.15) is 0 Å². The van der Waals surface area contributed by atoms with Gasteiger partial charge >= 0.3 is 0 Å². The molecule has 0 unspecified atom stereocenters. The molecule has 1 aliphatic heterocycles. The van der Waals surface area contributed by atoms with E-state index in [0.29, 0.717) is 12.4 Å². The highest BCUT2D eigenvalue weighted by molar-refractivity contribution is 5.76. The predicted octanol–water partition coefficient (Wildman–Crippen LogP) is 0.332. The average Bonchev–Trinajstić information content (AvgIpc) is 1.88. The van der Waals surface area contributed by atoms with Crippen LogP contribution in [0.1, 0.15) is 6.42 Å². The highest BCUT2D eigenvalue weighted by Gasteiger charge is 2.02. The fraction of sp³-hybridized carbons (Fsp3) is 0.286. The third-order valence-corrected chi connectivity index (χ3v) is 1.13. The summed E-state index contributed by atoms with van der Waals surface area (Å²) in [6, 6.07) is 0. The highest BCUT2D eigenvalue weighted by Crippen LogP contribution is 2.06. The number of hydrogen-bond donors (Lipinski definition) is 1. The van der Waals surface area contributed by atoms with E-state index in [-0.39, 0.29) is 12.3 Å². The molecule has 1 amide bonds. The molecular weight excluding hydrogens is 130 g/mol. The largest absolute Gasteiger partial charge is 0.493 e. The monoisotopic (exact) mass is 139 g/mol. The van der Waals surface area contributed by atoms with E-state index in [0.717, 1.165) is 0 Å². The summed E-state index contributed by atoms with van der Waals surface area (Å²) >= 11 is 0. The second kappa shape index (κ2) is 3.06. The summed E-state index contributed by atoms with van der Waals surface area (Å²) in [5.41, 5.74) is 4.94. The number of carbonyl (C=O) groups is 1. The smallest absolute Gasteiger partial charge is 0.225 e. The van der Waals surface area contributed by atoms with Gasteiger partial charge in [-0.25, -0.2) is 0 Å². The first-order valence-corrected chi connectivity index (χ1v) is 3.06. The summed E-state index contributed by atoms with van der Waals surface area (Å²) in [6.45, 7) is 0.541. The minimum atomic E-state index is -0.360. The van der Waals surface area contributed by atoms with Crippen LogP contribution in [0, 0.1) is 0 Å². The van der Waals surface area contributed by atoms with Crippen LogP contribution in [0.3, 0.4) is 0 Å². The van der Waals surface area contributed by atoms with Crippen molar-refractivity contribution in [3.8, 4) is 0 Å². The van der Waals surface area contributed by atoms with Crippen LogP contribution in [0.25, 0.3) is 0 Å². The van der Waals surface area contributed by atoms with E-state index in [1.165, 1.54) is 0 Å². The maximum atomic E-state index is 10.3. The standard InChI is InChI=1S/C7H9NO2/c8-7(9)5-6-3-1-2-4-10-6/h1-3H,4-5H2,(H2,8,9). The first kappa shape index (κ1) is 6.86. The van der Waals surface area contributed by atoms with Crippen molar-refractivity contribution in [2.45, 2.75) is 6.42 Å². The van der Waals surface area contributed by atoms with E-state index in [4.69, 9.17) is 10.5 Å². The van der Waals surface area contributed by atoms with Crippen molar-refractivity contribution in [1.82, 2.24) is 0 Å². The Balaban J connectivity index is 2.47. The fourth-order valence-electron chi connectivity index (χ4n) is 0.716. The first-order valence-electron chi connectivity index (χ1n) is 3.06. The Morgan fingerprint density at radius 1 is 1.80 bits per heavy atom. The van der Waals surface area contributed by atoms with Crippen molar-refractivity contribution < 1.29 is 9.53 Å². The molecule has 0 radical (unpaired) electrons. The normalized spacial score (nSPS) is 15.8. The second-order valence-corrected chi connectivity index (χ2v) is 2.02. The van der Waals surface area contributed by atoms with Crippen molar-refractivity contribution in [2.75, 3.05) is 6.61 Å². The van der Waals surface area contributed by atoms with Gasteiger partial charge in [-0.3, -0.25) is 4.79 Å².